The zero-order chi connectivity index (χ0) is 12.3. The van der Waals surface area contributed by atoms with Crippen LogP contribution < -0.4 is 10.5 Å². The van der Waals surface area contributed by atoms with E-state index in [9.17, 15) is 8.78 Å². The van der Waals surface area contributed by atoms with Crippen LogP contribution in [0, 0.1) is 11.6 Å². The molecule has 0 saturated heterocycles. The molecule has 2 nitrogen and oxygen atoms in total. The van der Waals surface area contributed by atoms with E-state index in [1.807, 2.05) is 0 Å². The lowest BCUT2D eigenvalue weighted by Gasteiger charge is -2.08. The number of nitrogens with two attached hydrogens (primary N) is 1. The molecule has 0 aromatic heterocycles. The maximum absolute atomic E-state index is 13.4. The van der Waals surface area contributed by atoms with Crippen molar-refractivity contribution >= 4 is 5.69 Å². The average Bonchev–Trinajstić information content (AvgIpc) is 2.30. The number of rotatable bonds is 3. The summed E-state index contributed by atoms with van der Waals surface area (Å²) in [5.41, 5.74) is 6.10. The third-order valence-electron chi connectivity index (χ3n) is 2.30. The maximum Gasteiger partial charge on any atom is 0.165 e. The monoisotopic (exact) mass is 235 g/mol. The van der Waals surface area contributed by atoms with Crippen LogP contribution in [0.25, 0.3) is 0 Å². The Labute approximate surface area is 97.6 Å². The quantitative estimate of drug-likeness (QED) is 0.829. The molecule has 0 amide bonds. The van der Waals surface area contributed by atoms with Gasteiger partial charge < -0.3 is 10.5 Å². The Morgan fingerprint density at radius 3 is 2.47 bits per heavy atom. The van der Waals surface area contributed by atoms with Gasteiger partial charge in [0.1, 0.15) is 12.4 Å². The smallest absolute Gasteiger partial charge is 0.165 e. The van der Waals surface area contributed by atoms with Crippen LogP contribution in [-0.4, -0.2) is 0 Å². The van der Waals surface area contributed by atoms with Crippen molar-refractivity contribution in [1.29, 1.82) is 0 Å². The molecule has 0 radical (unpaired) electrons. The van der Waals surface area contributed by atoms with E-state index in [4.69, 9.17) is 10.5 Å². The Hall–Kier alpha value is -2.10. The second-order valence-corrected chi connectivity index (χ2v) is 3.57. The minimum absolute atomic E-state index is 0.0347. The summed E-state index contributed by atoms with van der Waals surface area (Å²) in [6, 6.07) is 10.3. The summed E-state index contributed by atoms with van der Waals surface area (Å²) < 4.78 is 31.8. The fourth-order valence-corrected chi connectivity index (χ4v) is 1.40. The molecule has 0 heterocycles. The number of hydrogen-bond acceptors (Lipinski definition) is 2. The van der Waals surface area contributed by atoms with Crippen LogP contribution in [0.15, 0.2) is 42.5 Å². The van der Waals surface area contributed by atoms with Gasteiger partial charge in [-0.05, 0) is 24.3 Å². The summed E-state index contributed by atoms with van der Waals surface area (Å²) in [6.45, 7) is -0.0347. The summed E-state index contributed by atoms with van der Waals surface area (Å²) in [6.07, 6.45) is 0. The average molecular weight is 235 g/mol. The van der Waals surface area contributed by atoms with Crippen LogP contribution in [0.1, 0.15) is 5.56 Å². The van der Waals surface area contributed by atoms with Crippen LogP contribution in [0.2, 0.25) is 0 Å². The largest absolute Gasteiger partial charge is 0.486 e. The van der Waals surface area contributed by atoms with Crippen molar-refractivity contribution in [2.75, 3.05) is 5.73 Å². The summed E-state index contributed by atoms with van der Waals surface area (Å²) in [5, 5.41) is 0. The molecule has 0 unspecified atom stereocenters. The fourth-order valence-electron chi connectivity index (χ4n) is 1.40. The van der Waals surface area contributed by atoms with E-state index in [1.54, 1.807) is 18.2 Å². The zero-order valence-electron chi connectivity index (χ0n) is 8.99. The summed E-state index contributed by atoms with van der Waals surface area (Å²) in [7, 11) is 0. The van der Waals surface area contributed by atoms with Crippen LogP contribution in [-0.2, 0) is 6.61 Å². The third kappa shape index (κ3) is 2.72. The van der Waals surface area contributed by atoms with Gasteiger partial charge in [-0.15, -0.1) is 0 Å². The van der Waals surface area contributed by atoms with E-state index >= 15 is 0 Å². The van der Waals surface area contributed by atoms with Crippen LogP contribution in [0.4, 0.5) is 14.5 Å². The second kappa shape index (κ2) is 4.82. The highest BCUT2D eigenvalue weighted by Crippen LogP contribution is 2.19. The molecule has 0 aliphatic heterocycles. The van der Waals surface area contributed by atoms with Crippen molar-refractivity contribution in [3.63, 3.8) is 0 Å². The standard InChI is InChI=1S/C13H11F2NO/c14-11-3-1-2-4-13(11)17-8-9-5-6-10(16)7-12(9)15/h1-7H,8,16H2. The van der Waals surface area contributed by atoms with E-state index in [0.717, 1.165) is 0 Å². The van der Waals surface area contributed by atoms with E-state index in [0.29, 0.717) is 11.3 Å². The third-order valence-corrected chi connectivity index (χ3v) is 2.30. The van der Waals surface area contributed by atoms with Gasteiger partial charge in [-0.3, -0.25) is 0 Å². The summed E-state index contributed by atoms with van der Waals surface area (Å²) in [5.74, 6) is -0.826. The van der Waals surface area contributed by atoms with E-state index in [2.05, 4.69) is 0 Å². The molecule has 0 atom stereocenters. The Morgan fingerprint density at radius 1 is 1.00 bits per heavy atom. The highest BCUT2D eigenvalue weighted by Gasteiger charge is 2.05. The van der Waals surface area contributed by atoms with Gasteiger partial charge in [0.05, 0.1) is 0 Å². The van der Waals surface area contributed by atoms with E-state index in [-0.39, 0.29) is 12.4 Å². The first-order valence-electron chi connectivity index (χ1n) is 5.08. The van der Waals surface area contributed by atoms with Gasteiger partial charge in [-0.1, -0.05) is 18.2 Å². The second-order valence-electron chi connectivity index (χ2n) is 3.57. The number of ether oxygens (including phenoxy) is 1. The molecular weight excluding hydrogens is 224 g/mol. The van der Waals surface area contributed by atoms with Crippen molar-refractivity contribution in [1.82, 2.24) is 0 Å². The minimum atomic E-state index is -0.469. The van der Waals surface area contributed by atoms with Gasteiger partial charge >= 0.3 is 0 Å². The fraction of sp³-hybridized carbons (Fsp3) is 0.0769. The molecule has 0 fully saturated rings. The topological polar surface area (TPSA) is 35.2 Å². The van der Waals surface area contributed by atoms with Crippen molar-refractivity contribution in [2.24, 2.45) is 0 Å². The molecule has 2 aromatic rings. The molecule has 0 bridgehead atoms. The first-order valence-corrected chi connectivity index (χ1v) is 5.08. The normalized spacial score (nSPS) is 10.2. The van der Waals surface area contributed by atoms with Crippen molar-refractivity contribution in [3.8, 4) is 5.75 Å². The lowest BCUT2D eigenvalue weighted by atomic mass is 10.2. The van der Waals surface area contributed by atoms with Gasteiger partial charge in [0.15, 0.2) is 11.6 Å². The van der Waals surface area contributed by atoms with Crippen LogP contribution in [0.5, 0.6) is 5.75 Å². The molecule has 0 aliphatic rings. The SMILES string of the molecule is Nc1ccc(COc2ccccc2F)c(F)c1. The van der Waals surface area contributed by atoms with Gasteiger partial charge in [-0.25, -0.2) is 8.78 Å². The Morgan fingerprint density at radius 2 is 1.76 bits per heavy atom. The van der Waals surface area contributed by atoms with Crippen molar-refractivity contribution in [3.05, 3.63) is 59.7 Å². The van der Waals surface area contributed by atoms with Crippen LogP contribution in [0.3, 0.4) is 0 Å². The number of nitrogen functional groups attached to an aromatic ring is 1. The van der Waals surface area contributed by atoms with E-state index in [1.165, 1.54) is 24.3 Å². The number of halogens is 2. The van der Waals surface area contributed by atoms with Gasteiger partial charge in [0.2, 0.25) is 0 Å². The molecule has 0 aliphatic carbocycles. The van der Waals surface area contributed by atoms with Gasteiger partial charge in [-0.2, -0.15) is 0 Å². The highest BCUT2D eigenvalue weighted by molar-refractivity contribution is 5.40. The lowest BCUT2D eigenvalue weighted by molar-refractivity contribution is 0.285. The number of benzene rings is 2. The highest BCUT2D eigenvalue weighted by atomic mass is 19.1. The first kappa shape index (κ1) is 11.4. The Balaban J connectivity index is 2.10. The predicted octanol–water partition coefficient (Wildman–Crippen LogP) is 3.13. The number of para-hydroxylation sites is 1. The summed E-state index contributed by atoms with van der Waals surface area (Å²) in [4.78, 5) is 0. The molecule has 88 valence electrons. The zero-order valence-corrected chi connectivity index (χ0v) is 8.99. The number of hydrogen-bond donors (Lipinski definition) is 1. The maximum atomic E-state index is 13.4. The molecule has 0 spiro atoms. The number of anilines is 1. The van der Waals surface area contributed by atoms with Crippen molar-refractivity contribution < 1.29 is 13.5 Å². The van der Waals surface area contributed by atoms with Gasteiger partial charge in [0, 0.05) is 11.3 Å². The predicted molar refractivity (Wildman–Crippen MR) is 61.5 cm³/mol. The minimum Gasteiger partial charge on any atom is -0.486 e. The van der Waals surface area contributed by atoms with Crippen molar-refractivity contribution in [2.45, 2.75) is 6.61 Å². The summed E-state index contributed by atoms with van der Waals surface area (Å²) >= 11 is 0. The van der Waals surface area contributed by atoms with E-state index < -0.39 is 11.6 Å². The lowest BCUT2D eigenvalue weighted by Crippen LogP contribution is -2.00. The van der Waals surface area contributed by atoms with Gasteiger partial charge in [0.25, 0.3) is 0 Å². The molecule has 0 saturated carbocycles. The Kier molecular flexibility index (Phi) is 3.23. The molecular formula is C13H11F2NO. The molecule has 4 heteroatoms. The molecule has 2 N–H and O–H groups in total. The molecule has 2 rings (SSSR count). The Bertz CT molecular complexity index is 529. The molecule has 2 aromatic carbocycles. The van der Waals surface area contributed by atoms with Crippen LogP contribution >= 0.6 is 0 Å². The first-order chi connectivity index (χ1) is 8.16. The molecule has 17 heavy (non-hydrogen) atoms.